The molecule has 18 heavy (non-hydrogen) atoms. The second kappa shape index (κ2) is 7.24. The third-order valence-electron chi connectivity index (χ3n) is 3.53. The maximum Gasteiger partial charge on any atom is 0.203 e. The van der Waals surface area contributed by atoms with Crippen LogP contribution in [0.4, 0.5) is 0 Å². The zero-order chi connectivity index (χ0) is 12.6. The fourth-order valence-electron chi connectivity index (χ4n) is 2.43. The Bertz CT molecular complexity index is 336. The number of aliphatic imine (C=N–C) groups is 1. The summed E-state index contributed by atoms with van der Waals surface area (Å²) in [4.78, 5) is 6.83. The molecule has 1 N–H and O–H groups in total. The van der Waals surface area contributed by atoms with Crippen LogP contribution in [0.3, 0.4) is 0 Å². The van der Waals surface area contributed by atoms with Gasteiger partial charge in [0, 0.05) is 25.0 Å². The van der Waals surface area contributed by atoms with Gasteiger partial charge in [0.05, 0.1) is 0 Å². The van der Waals surface area contributed by atoms with Gasteiger partial charge in [-0.15, -0.1) is 0 Å². The van der Waals surface area contributed by atoms with Crippen molar-refractivity contribution in [1.29, 1.82) is 0 Å². The van der Waals surface area contributed by atoms with E-state index in [1.54, 1.807) is 0 Å². The van der Waals surface area contributed by atoms with Crippen molar-refractivity contribution in [3.05, 3.63) is 24.0 Å². The first-order chi connectivity index (χ1) is 8.90. The van der Waals surface area contributed by atoms with Crippen LogP contribution < -0.4 is 5.32 Å². The topological polar surface area (TPSA) is 27.6 Å². The molecule has 0 atom stereocenters. The monoisotopic (exact) mass is 247 g/mol. The second-order valence-electron chi connectivity index (χ2n) is 5.10. The van der Waals surface area contributed by atoms with E-state index in [9.17, 15) is 0 Å². The lowest BCUT2D eigenvalue weighted by Crippen LogP contribution is -2.44. The molecule has 3 heteroatoms. The van der Waals surface area contributed by atoms with Crippen molar-refractivity contribution in [2.75, 3.05) is 13.1 Å². The van der Waals surface area contributed by atoms with Gasteiger partial charge in [-0.3, -0.25) is 0 Å². The molecule has 0 bridgehead atoms. The Kier molecular flexibility index (Phi) is 5.31. The minimum absolute atomic E-state index is 1.04. The third-order valence-corrected chi connectivity index (χ3v) is 3.53. The van der Waals surface area contributed by atoms with E-state index in [1.165, 1.54) is 44.2 Å². The summed E-state index contributed by atoms with van der Waals surface area (Å²) in [5.41, 5.74) is 1.21. The molecule has 100 valence electrons. The largest absolute Gasteiger partial charge is 0.342 e. The fourth-order valence-corrected chi connectivity index (χ4v) is 2.43. The summed E-state index contributed by atoms with van der Waals surface area (Å²) in [6.07, 6.45) is 15.3. The van der Waals surface area contributed by atoms with Crippen molar-refractivity contribution in [2.45, 2.75) is 51.9 Å². The summed E-state index contributed by atoms with van der Waals surface area (Å²) in [7, 11) is 0. The number of unbranched alkanes of at least 4 members (excludes halogenated alkanes) is 3. The Morgan fingerprint density at radius 1 is 1.28 bits per heavy atom. The van der Waals surface area contributed by atoms with Crippen molar-refractivity contribution in [3.8, 4) is 0 Å². The Balaban J connectivity index is 1.83. The molecule has 0 spiro atoms. The molecule has 0 aromatic rings. The first-order valence-electron chi connectivity index (χ1n) is 7.36. The first kappa shape index (κ1) is 13.2. The maximum absolute atomic E-state index is 4.46. The van der Waals surface area contributed by atoms with Crippen molar-refractivity contribution in [2.24, 2.45) is 4.99 Å². The summed E-state index contributed by atoms with van der Waals surface area (Å²) in [5.74, 6) is 1.04. The highest BCUT2D eigenvalue weighted by molar-refractivity contribution is 5.83. The van der Waals surface area contributed by atoms with Crippen LogP contribution in [-0.2, 0) is 0 Å². The van der Waals surface area contributed by atoms with Crippen LogP contribution in [0.25, 0.3) is 0 Å². The molecule has 2 heterocycles. The normalized spacial score (nSPS) is 21.9. The van der Waals surface area contributed by atoms with Crippen LogP contribution in [-0.4, -0.2) is 23.9 Å². The Morgan fingerprint density at radius 2 is 2.11 bits per heavy atom. The van der Waals surface area contributed by atoms with Gasteiger partial charge >= 0.3 is 0 Å². The van der Waals surface area contributed by atoms with Gasteiger partial charge in [-0.1, -0.05) is 25.8 Å². The molecule has 0 aromatic carbocycles. The summed E-state index contributed by atoms with van der Waals surface area (Å²) in [6, 6.07) is 0. The predicted octanol–water partition coefficient (Wildman–Crippen LogP) is 3.41. The predicted molar refractivity (Wildman–Crippen MR) is 77.4 cm³/mol. The van der Waals surface area contributed by atoms with Gasteiger partial charge in [0.15, 0.2) is 0 Å². The standard InChI is InChI=1S/C15H25N3/c1-2-3-4-6-9-14-10-11-16-15(17-14)18-12-7-5-8-13-18/h9-11H,2-8,12-13H2,1H3,(H,16,17). The molecule has 3 nitrogen and oxygen atoms in total. The number of nitrogens with one attached hydrogen (secondary N) is 1. The van der Waals surface area contributed by atoms with Gasteiger partial charge in [0.25, 0.3) is 0 Å². The third kappa shape index (κ3) is 3.90. The van der Waals surface area contributed by atoms with E-state index < -0.39 is 0 Å². The minimum atomic E-state index is 1.04. The van der Waals surface area contributed by atoms with Gasteiger partial charge < -0.3 is 10.2 Å². The average Bonchev–Trinajstić information content (AvgIpc) is 2.45. The summed E-state index contributed by atoms with van der Waals surface area (Å²) in [5, 5.41) is 3.45. The van der Waals surface area contributed by atoms with Gasteiger partial charge in [-0.2, -0.15) is 0 Å². The van der Waals surface area contributed by atoms with Crippen molar-refractivity contribution < 1.29 is 0 Å². The lowest BCUT2D eigenvalue weighted by Gasteiger charge is -2.31. The lowest BCUT2D eigenvalue weighted by atomic mass is 10.1. The molecule has 0 amide bonds. The molecular formula is C15H25N3. The van der Waals surface area contributed by atoms with E-state index in [1.807, 2.05) is 6.20 Å². The van der Waals surface area contributed by atoms with Crippen molar-refractivity contribution >= 4 is 5.96 Å². The number of guanidine groups is 1. The van der Waals surface area contributed by atoms with Crippen LogP contribution in [0.2, 0.25) is 0 Å². The van der Waals surface area contributed by atoms with Crippen LogP contribution in [0.1, 0.15) is 51.9 Å². The highest BCUT2D eigenvalue weighted by atomic mass is 15.3. The molecule has 0 unspecified atom stereocenters. The second-order valence-corrected chi connectivity index (χ2v) is 5.10. The molecule has 0 aliphatic carbocycles. The number of hydrogen-bond acceptors (Lipinski definition) is 3. The maximum atomic E-state index is 4.46. The molecule has 0 saturated carbocycles. The highest BCUT2D eigenvalue weighted by Gasteiger charge is 2.16. The molecule has 2 aliphatic heterocycles. The van der Waals surface area contributed by atoms with Gasteiger partial charge in [0.1, 0.15) is 0 Å². The van der Waals surface area contributed by atoms with Crippen LogP contribution >= 0.6 is 0 Å². The SMILES string of the molecule is CCCCCC=C1C=CN=C(N2CCCCC2)N1. The molecule has 2 rings (SSSR count). The average molecular weight is 247 g/mol. The number of likely N-dealkylation sites (tertiary alicyclic amines) is 1. The molecule has 0 radical (unpaired) electrons. The summed E-state index contributed by atoms with van der Waals surface area (Å²) < 4.78 is 0. The number of piperidine rings is 1. The van der Waals surface area contributed by atoms with E-state index in [2.05, 4.69) is 34.3 Å². The molecule has 1 fully saturated rings. The van der Waals surface area contributed by atoms with Crippen LogP contribution in [0.5, 0.6) is 0 Å². The fraction of sp³-hybridized carbons (Fsp3) is 0.667. The Labute approximate surface area is 111 Å². The smallest absolute Gasteiger partial charge is 0.203 e. The highest BCUT2D eigenvalue weighted by Crippen LogP contribution is 2.12. The van der Waals surface area contributed by atoms with Crippen LogP contribution in [0.15, 0.2) is 29.0 Å². The van der Waals surface area contributed by atoms with Gasteiger partial charge in [-0.05, 0) is 38.2 Å². The van der Waals surface area contributed by atoms with E-state index in [0.717, 1.165) is 25.5 Å². The van der Waals surface area contributed by atoms with E-state index in [4.69, 9.17) is 0 Å². The number of nitrogens with zero attached hydrogens (tertiary/aromatic N) is 2. The van der Waals surface area contributed by atoms with E-state index in [0.29, 0.717) is 0 Å². The first-order valence-corrected chi connectivity index (χ1v) is 7.36. The molecule has 2 aliphatic rings. The molecular weight excluding hydrogens is 222 g/mol. The number of rotatable bonds is 4. The zero-order valence-corrected chi connectivity index (χ0v) is 11.5. The Hall–Kier alpha value is -1.25. The van der Waals surface area contributed by atoms with Gasteiger partial charge in [-0.25, -0.2) is 4.99 Å². The lowest BCUT2D eigenvalue weighted by molar-refractivity contribution is 0.334. The summed E-state index contributed by atoms with van der Waals surface area (Å²) >= 11 is 0. The quantitative estimate of drug-likeness (QED) is 0.771. The van der Waals surface area contributed by atoms with E-state index in [-0.39, 0.29) is 0 Å². The van der Waals surface area contributed by atoms with Crippen LogP contribution in [0, 0.1) is 0 Å². The Morgan fingerprint density at radius 3 is 2.89 bits per heavy atom. The van der Waals surface area contributed by atoms with Crippen molar-refractivity contribution in [1.82, 2.24) is 10.2 Å². The molecule has 1 saturated heterocycles. The van der Waals surface area contributed by atoms with Crippen molar-refractivity contribution in [3.63, 3.8) is 0 Å². The molecule has 0 aromatic heterocycles. The minimum Gasteiger partial charge on any atom is -0.342 e. The number of hydrogen-bond donors (Lipinski definition) is 1. The summed E-state index contributed by atoms with van der Waals surface area (Å²) in [6.45, 7) is 4.53. The zero-order valence-electron chi connectivity index (χ0n) is 11.5. The number of allylic oxidation sites excluding steroid dienone is 2. The van der Waals surface area contributed by atoms with E-state index >= 15 is 0 Å². The van der Waals surface area contributed by atoms with Gasteiger partial charge in [0.2, 0.25) is 5.96 Å².